The fourth-order valence-corrected chi connectivity index (χ4v) is 8.32. The molecule has 4 fully saturated rings. The summed E-state index contributed by atoms with van der Waals surface area (Å²) in [5.41, 5.74) is 0.489. The Morgan fingerprint density at radius 1 is 1.15 bits per heavy atom. The number of aromatic nitrogens is 3. The van der Waals surface area contributed by atoms with Crippen molar-refractivity contribution in [1.29, 1.82) is 0 Å². The fourth-order valence-electron chi connectivity index (χ4n) is 7.99. The van der Waals surface area contributed by atoms with E-state index in [1.807, 2.05) is 0 Å². The van der Waals surface area contributed by atoms with Gasteiger partial charge in [-0.15, -0.1) is 0 Å². The maximum atomic E-state index is 16.7. The number of alkyl halides is 5. The molecule has 2 unspecified atom stereocenters. The van der Waals surface area contributed by atoms with Crippen molar-refractivity contribution in [1.82, 2.24) is 20.3 Å². The summed E-state index contributed by atoms with van der Waals surface area (Å²) in [5.74, 6) is -1.02. The summed E-state index contributed by atoms with van der Waals surface area (Å²) in [4.78, 5) is 15.4. The first-order valence-electron chi connectivity index (χ1n) is 15.1. The lowest BCUT2D eigenvalue weighted by atomic mass is 9.89. The lowest BCUT2D eigenvalue weighted by Gasteiger charge is -2.43. The molecule has 4 aliphatic heterocycles. The van der Waals surface area contributed by atoms with E-state index in [-0.39, 0.29) is 85.1 Å². The second kappa shape index (κ2) is 10.3. The first kappa shape index (κ1) is 30.1. The van der Waals surface area contributed by atoms with E-state index in [9.17, 15) is 22.0 Å². The second-order valence-corrected chi connectivity index (χ2v) is 13.5. The number of rotatable bonds is 5. The Morgan fingerprint density at radius 2 is 1.98 bits per heavy atom. The van der Waals surface area contributed by atoms with Crippen molar-refractivity contribution in [2.45, 2.75) is 74.9 Å². The maximum Gasteiger partial charge on any atom is 0.418 e. The number of hydrogen-bond acceptors (Lipinski definition) is 9. The van der Waals surface area contributed by atoms with Crippen LogP contribution in [-0.2, 0) is 10.9 Å². The molecule has 3 saturated heterocycles. The maximum absolute atomic E-state index is 16.7. The van der Waals surface area contributed by atoms with Crippen LogP contribution >= 0.6 is 11.6 Å². The molecule has 246 valence electrons. The van der Waals surface area contributed by atoms with Crippen LogP contribution in [0.25, 0.3) is 22.2 Å². The van der Waals surface area contributed by atoms with Gasteiger partial charge in [0.15, 0.2) is 5.82 Å². The molecular weight excluding hydrogens is 642 g/mol. The highest BCUT2D eigenvalue weighted by molar-refractivity contribution is 6.32. The third-order valence-corrected chi connectivity index (χ3v) is 10.5. The lowest BCUT2D eigenvalue weighted by molar-refractivity contribution is -0.137. The minimum atomic E-state index is -4.97. The molecule has 9 nitrogen and oxygen atoms in total. The van der Waals surface area contributed by atoms with Gasteiger partial charge in [-0.2, -0.15) is 23.1 Å². The number of ether oxygens (including phenoxy) is 3. The molecule has 3 N–H and O–H groups in total. The smallest absolute Gasteiger partial charge is 0.418 e. The zero-order valence-corrected chi connectivity index (χ0v) is 25.0. The van der Waals surface area contributed by atoms with E-state index in [1.54, 1.807) is 0 Å². The van der Waals surface area contributed by atoms with Crippen LogP contribution in [0.1, 0.15) is 44.1 Å². The van der Waals surface area contributed by atoms with Crippen LogP contribution < -0.4 is 25.4 Å². The van der Waals surface area contributed by atoms with Gasteiger partial charge in [0.05, 0.1) is 30.4 Å². The van der Waals surface area contributed by atoms with E-state index < -0.39 is 51.3 Å². The van der Waals surface area contributed by atoms with Gasteiger partial charge < -0.3 is 30.2 Å². The molecule has 6 heterocycles. The number of benzene rings is 1. The molecule has 4 bridgehead atoms. The molecule has 1 aliphatic carbocycles. The number of fused-ring (bicyclic) bond motifs is 7. The number of nitrogens with one attached hydrogen (secondary N) is 1. The molecule has 1 saturated carbocycles. The van der Waals surface area contributed by atoms with Crippen LogP contribution in [0.15, 0.2) is 12.1 Å². The van der Waals surface area contributed by atoms with E-state index in [0.29, 0.717) is 19.4 Å². The number of halogens is 7. The first-order chi connectivity index (χ1) is 21.9. The Morgan fingerprint density at radius 3 is 2.70 bits per heavy atom. The van der Waals surface area contributed by atoms with Gasteiger partial charge in [0.25, 0.3) is 6.43 Å². The molecule has 5 aliphatic rings. The molecule has 16 heteroatoms. The molecule has 8 rings (SSSR count). The van der Waals surface area contributed by atoms with Crippen molar-refractivity contribution in [2.24, 2.45) is 5.41 Å². The summed E-state index contributed by atoms with van der Waals surface area (Å²) in [6.07, 6.45) is -4.51. The topological polar surface area (TPSA) is 108 Å². The summed E-state index contributed by atoms with van der Waals surface area (Å²) in [5, 5.41) is 2.99. The second-order valence-electron chi connectivity index (χ2n) is 13.1. The number of anilines is 2. The number of hydrogen-bond donors (Lipinski definition) is 2. The minimum absolute atomic E-state index is 0.0609. The zero-order chi connectivity index (χ0) is 32.2. The number of piperazine rings is 1. The molecule has 46 heavy (non-hydrogen) atoms. The van der Waals surface area contributed by atoms with Crippen LogP contribution in [0, 0.1) is 11.2 Å². The summed E-state index contributed by atoms with van der Waals surface area (Å²) >= 11 is 6.00. The molecule has 1 aromatic carbocycles. The van der Waals surface area contributed by atoms with Crippen LogP contribution in [0.5, 0.6) is 11.9 Å². The van der Waals surface area contributed by atoms with Gasteiger partial charge in [-0.25, -0.2) is 18.2 Å². The Bertz CT molecular complexity index is 1740. The predicted molar refractivity (Wildman–Crippen MR) is 155 cm³/mol. The standard InChI is InChI=1S/C30H29ClF6N6O3/c31-16-8-13(38)7-15(20(16)30(35,36)37)22-21(32)23-19-24(43-9-14-1-2-17(39-14)18(43)3-6-44-25(19)40-22)42-27(41-23)45-11-28-4-5-29(10-28,26(33)34)46-12-28/h7-8,14,17-18,26,39H,1-6,9-12,38H2/t14-,17+,18-,28?,29?/m1/s1. The normalized spacial score (nSPS) is 30.0. The van der Waals surface area contributed by atoms with E-state index in [0.717, 1.165) is 25.0 Å². The van der Waals surface area contributed by atoms with Gasteiger partial charge in [-0.3, -0.25) is 0 Å². The van der Waals surface area contributed by atoms with Gasteiger partial charge in [0.2, 0.25) is 5.88 Å². The van der Waals surface area contributed by atoms with Crippen molar-refractivity contribution < 1.29 is 40.6 Å². The quantitative estimate of drug-likeness (QED) is 0.259. The molecule has 5 atom stereocenters. The zero-order valence-electron chi connectivity index (χ0n) is 24.3. The highest BCUT2D eigenvalue weighted by Crippen LogP contribution is 2.55. The number of nitrogen functional groups attached to an aromatic ring is 1. The number of nitrogens with zero attached hydrogens (tertiary/aromatic N) is 4. The van der Waals surface area contributed by atoms with Crippen LogP contribution in [0.4, 0.5) is 37.8 Å². The fraction of sp³-hybridized carbons (Fsp3) is 0.567. The van der Waals surface area contributed by atoms with Gasteiger partial charge >= 0.3 is 12.2 Å². The Balaban J connectivity index is 1.29. The third kappa shape index (κ3) is 4.63. The summed E-state index contributed by atoms with van der Waals surface area (Å²) in [7, 11) is 0. The molecule has 2 aromatic heterocycles. The van der Waals surface area contributed by atoms with Crippen molar-refractivity contribution in [3.63, 3.8) is 0 Å². The first-order valence-corrected chi connectivity index (χ1v) is 15.5. The monoisotopic (exact) mass is 670 g/mol. The average molecular weight is 671 g/mol. The van der Waals surface area contributed by atoms with E-state index in [1.165, 1.54) is 0 Å². The van der Waals surface area contributed by atoms with Gasteiger partial charge in [0, 0.05) is 47.8 Å². The largest absolute Gasteiger partial charge is 0.477 e. The number of nitrogens with two attached hydrogens (primary N) is 1. The SMILES string of the molecule is Nc1cc(Cl)c(C(F)(F)F)c(-c2nc3c4c(nc(OCC56CCC(C(F)F)(C5)OC6)nc4c2F)N2C[C@H]4CC[C@H](N4)[C@H]2CCO3)c1. The van der Waals surface area contributed by atoms with E-state index in [2.05, 4.69) is 20.2 Å². The van der Waals surface area contributed by atoms with Crippen molar-refractivity contribution in [3.05, 3.63) is 28.5 Å². The Kier molecular flexibility index (Phi) is 6.76. The van der Waals surface area contributed by atoms with Crippen molar-refractivity contribution in [3.8, 4) is 23.1 Å². The minimum Gasteiger partial charge on any atom is -0.477 e. The summed E-state index contributed by atoms with van der Waals surface area (Å²) in [6, 6.07) is 1.84. The van der Waals surface area contributed by atoms with E-state index >= 15 is 4.39 Å². The van der Waals surface area contributed by atoms with Crippen LogP contribution in [0.2, 0.25) is 5.02 Å². The molecular formula is C30H29ClF6N6O3. The molecule has 0 spiro atoms. The van der Waals surface area contributed by atoms with Crippen molar-refractivity contribution in [2.75, 3.05) is 37.0 Å². The van der Waals surface area contributed by atoms with Gasteiger partial charge in [-0.05, 0) is 44.2 Å². The molecule has 3 aromatic rings. The van der Waals surface area contributed by atoms with Crippen LogP contribution in [0.3, 0.4) is 0 Å². The summed E-state index contributed by atoms with van der Waals surface area (Å²) < 4.78 is 105. The van der Waals surface area contributed by atoms with Crippen molar-refractivity contribution >= 4 is 34.0 Å². The molecule has 0 radical (unpaired) electrons. The highest BCUT2D eigenvalue weighted by Gasteiger charge is 2.60. The predicted octanol–water partition coefficient (Wildman–Crippen LogP) is 5.76. The Labute approximate surface area is 263 Å². The van der Waals surface area contributed by atoms with E-state index in [4.69, 9.17) is 36.5 Å². The molecule has 0 amide bonds. The van der Waals surface area contributed by atoms with Gasteiger partial charge in [0.1, 0.15) is 28.0 Å². The number of pyridine rings is 1. The van der Waals surface area contributed by atoms with Crippen LogP contribution in [-0.4, -0.2) is 71.5 Å². The summed E-state index contributed by atoms with van der Waals surface area (Å²) in [6.45, 7) is 0.701. The Hall–Kier alpha value is -3.30. The average Bonchev–Trinajstić information content (AvgIpc) is 3.69. The highest BCUT2D eigenvalue weighted by atomic mass is 35.5. The van der Waals surface area contributed by atoms with Gasteiger partial charge in [-0.1, -0.05) is 11.6 Å². The third-order valence-electron chi connectivity index (χ3n) is 10.2. The lowest BCUT2D eigenvalue weighted by Crippen LogP contribution is -2.59.